The van der Waals surface area contributed by atoms with Gasteiger partial charge in [0.15, 0.2) is 0 Å². The number of nitrogens with one attached hydrogen (secondary N) is 1. The number of piperidine rings is 1. The summed E-state index contributed by atoms with van der Waals surface area (Å²) in [6.45, 7) is 1.54. The Morgan fingerprint density at radius 1 is 1.30 bits per heavy atom. The number of rotatable bonds is 5. The molecule has 1 aromatic rings. The summed E-state index contributed by atoms with van der Waals surface area (Å²) in [5, 5.41) is 3.06. The molecule has 0 spiro atoms. The molecule has 0 unspecified atom stereocenters. The summed E-state index contributed by atoms with van der Waals surface area (Å²) in [5.74, 6) is -0.130. The van der Waals surface area contributed by atoms with Crippen LogP contribution in [0.15, 0.2) is 29.2 Å². The maximum Gasteiger partial charge on any atom is 0.573 e. The molecule has 1 N–H and O–H groups in total. The molecule has 1 fully saturated rings. The van der Waals surface area contributed by atoms with Gasteiger partial charge in [-0.15, -0.1) is 13.2 Å². The lowest BCUT2D eigenvalue weighted by molar-refractivity contribution is -0.274. The molecule has 0 saturated carbocycles. The number of nitrogens with zero attached hydrogens (tertiary/aromatic N) is 1. The first-order valence-corrected chi connectivity index (χ1v) is 8.67. The van der Waals surface area contributed by atoms with E-state index in [4.69, 9.17) is 0 Å². The largest absolute Gasteiger partial charge is 0.573 e. The first-order chi connectivity index (χ1) is 10.7. The molecule has 9 heteroatoms. The predicted molar refractivity (Wildman–Crippen MR) is 78.5 cm³/mol. The molecular formula is C14H19F3N2O3S. The highest BCUT2D eigenvalue weighted by atomic mass is 32.2. The Kier molecular flexibility index (Phi) is 5.53. The van der Waals surface area contributed by atoms with Crippen LogP contribution in [-0.2, 0) is 10.0 Å². The van der Waals surface area contributed by atoms with Crippen LogP contribution in [0.4, 0.5) is 13.2 Å². The van der Waals surface area contributed by atoms with Crippen molar-refractivity contribution in [3.63, 3.8) is 0 Å². The summed E-state index contributed by atoms with van der Waals surface area (Å²) >= 11 is 0. The average molecular weight is 352 g/mol. The molecule has 2 rings (SSSR count). The Balaban J connectivity index is 2.12. The third kappa shape index (κ3) is 4.82. The van der Waals surface area contributed by atoms with Crippen molar-refractivity contribution in [2.45, 2.75) is 24.1 Å². The zero-order valence-electron chi connectivity index (χ0n) is 12.6. The van der Waals surface area contributed by atoms with Crippen molar-refractivity contribution in [2.75, 3.05) is 26.7 Å². The monoisotopic (exact) mass is 352 g/mol. The van der Waals surface area contributed by atoms with Gasteiger partial charge < -0.3 is 10.1 Å². The standard InChI is InChI=1S/C14H19F3N2O3S/c1-18-10-11-5-7-19(8-6-11)23(20,21)13-4-2-3-12(9-13)22-14(15,16)17/h2-4,9,11,18H,5-8,10H2,1H3. The summed E-state index contributed by atoms with van der Waals surface area (Å²) in [4.78, 5) is -0.189. The lowest BCUT2D eigenvalue weighted by Gasteiger charge is -2.31. The second-order valence-electron chi connectivity index (χ2n) is 5.43. The number of sulfonamides is 1. The first-order valence-electron chi connectivity index (χ1n) is 7.23. The van der Waals surface area contributed by atoms with E-state index >= 15 is 0 Å². The van der Waals surface area contributed by atoms with Crippen molar-refractivity contribution in [3.05, 3.63) is 24.3 Å². The fraction of sp³-hybridized carbons (Fsp3) is 0.571. The van der Waals surface area contributed by atoms with Gasteiger partial charge in [-0.3, -0.25) is 0 Å². The van der Waals surface area contributed by atoms with E-state index in [2.05, 4.69) is 10.1 Å². The smallest absolute Gasteiger partial charge is 0.406 e. The second-order valence-corrected chi connectivity index (χ2v) is 7.37. The van der Waals surface area contributed by atoms with Crippen LogP contribution in [0.3, 0.4) is 0 Å². The molecule has 1 aliphatic heterocycles. The number of hydrogen-bond acceptors (Lipinski definition) is 4. The zero-order chi connectivity index (χ0) is 17.1. The zero-order valence-corrected chi connectivity index (χ0v) is 13.5. The highest BCUT2D eigenvalue weighted by Gasteiger charge is 2.33. The Bertz CT molecular complexity index is 626. The topological polar surface area (TPSA) is 58.6 Å². The van der Waals surface area contributed by atoms with Gasteiger partial charge in [0.2, 0.25) is 10.0 Å². The van der Waals surface area contributed by atoms with E-state index in [1.165, 1.54) is 16.4 Å². The molecule has 1 saturated heterocycles. The molecule has 0 bridgehead atoms. The number of halogens is 3. The molecular weight excluding hydrogens is 333 g/mol. The Hall–Kier alpha value is -1.32. The Morgan fingerprint density at radius 2 is 1.96 bits per heavy atom. The Morgan fingerprint density at radius 3 is 2.52 bits per heavy atom. The minimum absolute atomic E-state index is 0.189. The second kappa shape index (κ2) is 7.06. The van der Waals surface area contributed by atoms with Crippen LogP contribution in [0.25, 0.3) is 0 Å². The van der Waals surface area contributed by atoms with E-state index < -0.39 is 22.1 Å². The van der Waals surface area contributed by atoms with Crippen molar-refractivity contribution in [1.29, 1.82) is 0 Å². The predicted octanol–water partition coefficient (Wildman–Crippen LogP) is 2.21. The van der Waals surface area contributed by atoms with Crippen molar-refractivity contribution < 1.29 is 26.3 Å². The van der Waals surface area contributed by atoms with E-state index in [1.54, 1.807) is 0 Å². The van der Waals surface area contributed by atoms with Crippen molar-refractivity contribution in [2.24, 2.45) is 5.92 Å². The van der Waals surface area contributed by atoms with Gasteiger partial charge >= 0.3 is 6.36 Å². The SMILES string of the molecule is CNCC1CCN(S(=O)(=O)c2cccc(OC(F)(F)F)c2)CC1. The average Bonchev–Trinajstić information content (AvgIpc) is 2.47. The van der Waals surface area contributed by atoms with Gasteiger partial charge in [0.25, 0.3) is 0 Å². The van der Waals surface area contributed by atoms with E-state index in [-0.39, 0.29) is 4.90 Å². The van der Waals surface area contributed by atoms with Crippen molar-refractivity contribution in [3.8, 4) is 5.75 Å². The van der Waals surface area contributed by atoms with Gasteiger partial charge in [0.1, 0.15) is 5.75 Å². The van der Waals surface area contributed by atoms with E-state index in [0.717, 1.165) is 31.5 Å². The van der Waals surface area contributed by atoms with Crippen LogP contribution < -0.4 is 10.1 Å². The summed E-state index contributed by atoms with van der Waals surface area (Å²) in [6, 6.07) is 4.49. The maximum atomic E-state index is 12.5. The highest BCUT2D eigenvalue weighted by Crippen LogP contribution is 2.28. The maximum absolute atomic E-state index is 12.5. The molecule has 0 aromatic heterocycles. The summed E-state index contributed by atoms with van der Waals surface area (Å²) in [5.41, 5.74) is 0. The minimum atomic E-state index is -4.85. The molecule has 130 valence electrons. The lowest BCUT2D eigenvalue weighted by atomic mass is 9.98. The summed E-state index contributed by atoms with van der Waals surface area (Å²) < 4.78 is 66.9. The molecule has 0 aliphatic carbocycles. The first kappa shape index (κ1) is 18.0. The quantitative estimate of drug-likeness (QED) is 0.883. The van der Waals surface area contributed by atoms with Crippen LogP contribution in [0, 0.1) is 5.92 Å². The minimum Gasteiger partial charge on any atom is -0.406 e. The lowest BCUT2D eigenvalue weighted by Crippen LogP contribution is -2.40. The molecule has 0 amide bonds. The molecule has 1 aliphatic rings. The van der Waals surface area contributed by atoms with Crippen molar-refractivity contribution >= 4 is 10.0 Å². The number of ether oxygens (including phenoxy) is 1. The van der Waals surface area contributed by atoms with Crippen LogP contribution in [0.5, 0.6) is 5.75 Å². The highest BCUT2D eigenvalue weighted by molar-refractivity contribution is 7.89. The fourth-order valence-corrected chi connectivity index (χ4v) is 4.13. The van der Waals surface area contributed by atoms with Gasteiger partial charge in [-0.05, 0) is 44.5 Å². The van der Waals surface area contributed by atoms with E-state index in [1.807, 2.05) is 7.05 Å². The Labute approximate surface area is 133 Å². The molecule has 1 heterocycles. The number of benzene rings is 1. The molecule has 23 heavy (non-hydrogen) atoms. The summed E-state index contributed by atoms with van der Waals surface area (Å²) in [7, 11) is -1.97. The number of hydrogen-bond donors (Lipinski definition) is 1. The molecule has 1 aromatic carbocycles. The normalized spacial score (nSPS) is 18.1. The van der Waals surface area contributed by atoms with Crippen molar-refractivity contribution in [1.82, 2.24) is 9.62 Å². The van der Waals surface area contributed by atoms with Gasteiger partial charge in [-0.25, -0.2) is 8.42 Å². The van der Waals surface area contributed by atoms with E-state index in [0.29, 0.717) is 19.0 Å². The van der Waals surface area contributed by atoms with Crippen LogP contribution >= 0.6 is 0 Å². The molecule has 0 radical (unpaired) electrons. The van der Waals surface area contributed by atoms with Gasteiger partial charge in [-0.1, -0.05) is 6.07 Å². The summed E-state index contributed by atoms with van der Waals surface area (Å²) in [6.07, 6.45) is -3.41. The fourth-order valence-electron chi connectivity index (χ4n) is 2.62. The van der Waals surface area contributed by atoms with Gasteiger partial charge in [-0.2, -0.15) is 4.31 Å². The third-order valence-corrected chi connectivity index (χ3v) is 5.64. The van der Waals surface area contributed by atoms with E-state index in [9.17, 15) is 21.6 Å². The van der Waals surface area contributed by atoms with Crippen LogP contribution in [0.1, 0.15) is 12.8 Å². The molecule has 5 nitrogen and oxygen atoms in total. The number of alkyl halides is 3. The molecule has 0 atom stereocenters. The van der Waals surface area contributed by atoms with Crippen LogP contribution in [0.2, 0.25) is 0 Å². The van der Waals surface area contributed by atoms with Gasteiger partial charge in [0, 0.05) is 19.2 Å². The van der Waals surface area contributed by atoms with Crippen LogP contribution in [-0.4, -0.2) is 45.8 Å². The van der Waals surface area contributed by atoms with Gasteiger partial charge in [0.05, 0.1) is 4.90 Å². The third-order valence-electron chi connectivity index (χ3n) is 3.74.